The molecule has 5 rings (SSSR count). The molecule has 148 valence electrons. The van der Waals surface area contributed by atoms with Crippen molar-refractivity contribution in [2.75, 3.05) is 18.0 Å². The van der Waals surface area contributed by atoms with Crippen molar-refractivity contribution in [3.8, 4) is 11.5 Å². The lowest BCUT2D eigenvalue weighted by Gasteiger charge is -2.38. The normalized spacial score (nSPS) is 21.2. The summed E-state index contributed by atoms with van der Waals surface area (Å²) in [6, 6.07) is 12.4. The number of aryl methyl sites for hydroxylation is 1. The molecule has 5 nitrogen and oxygen atoms in total. The van der Waals surface area contributed by atoms with E-state index in [0.29, 0.717) is 12.4 Å². The second-order valence-corrected chi connectivity index (χ2v) is 7.76. The lowest BCUT2D eigenvalue weighted by molar-refractivity contribution is -0.0176. The highest BCUT2D eigenvalue weighted by Crippen LogP contribution is 2.35. The summed E-state index contributed by atoms with van der Waals surface area (Å²) in [4.78, 5) is 16.5. The lowest BCUT2D eigenvalue weighted by atomic mass is 10.1. The maximum absolute atomic E-state index is 13.4. The quantitative estimate of drug-likeness (QED) is 0.673. The highest BCUT2D eigenvalue weighted by atomic mass is 19.1. The summed E-state index contributed by atoms with van der Waals surface area (Å²) in [5, 5.41) is 0. The van der Waals surface area contributed by atoms with Gasteiger partial charge in [-0.05, 0) is 56.0 Å². The van der Waals surface area contributed by atoms with Crippen LogP contribution in [-0.4, -0.2) is 34.1 Å². The van der Waals surface area contributed by atoms with Gasteiger partial charge in [0.1, 0.15) is 23.4 Å². The van der Waals surface area contributed by atoms with Gasteiger partial charge in [0.05, 0.1) is 6.10 Å². The lowest BCUT2D eigenvalue weighted by Crippen LogP contribution is -2.43. The van der Waals surface area contributed by atoms with E-state index in [4.69, 9.17) is 14.7 Å². The van der Waals surface area contributed by atoms with Crippen LogP contribution >= 0.6 is 0 Å². The molecule has 0 radical (unpaired) electrons. The molecule has 0 saturated carbocycles. The third-order valence-electron chi connectivity index (χ3n) is 5.61. The van der Waals surface area contributed by atoms with E-state index in [1.165, 1.54) is 17.7 Å². The Morgan fingerprint density at radius 1 is 1.03 bits per heavy atom. The molecular weight excluding hydrogens is 367 g/mol. The van der Waals surface area contributed by atoms with Crippen molar-refractivity contribution in [2.45, 2.75) is 38.4 Å². The second-order valence-electron chi connectivity index (χ2n) is 7.76. The van der Waals surface area contributed by atoms with E-state index < -0.39 is 0 Å². The monoisotopic (exact) mass is 390 g/mol. The van der Waals surface area contributed by atoms with Gasteiger partial charge in [0, 0.05) is 30.5 Å². The van der Waals surface area contributed by atoms with Gasteiger partial charge < -0.3 is 9.64 Å². The first-order valence-electron chi connectivity index (χ1n) is 10.1. The predicted octanol–water partition coefficient (Wildman–Crippen LogP) is 4.13. The first kappa shape index (κ1) is 18.2. The Morgan fingerprint density at radius 3 is 2.69 bits per heavy atom. The number of anilines is 1. The minimum atomic E-state index is -0.233. The van der Waals surface area contributed by atoms with Gasteiger partial charge >= 0.3 is 0 Å². The number of aromatic nitrogens is 3. The maximum atomic E-state index is 13.4. The van der Waals surface area contributed by atoms with Crippen LogP contribution in [0, 0.1) is 5.82 Å². The Morgan fingerprint density at radius 2 is 1.90 bits per heavy atom. The largest absolute Gasteiger partial charge is 0.367 e. The van der Waals surface area contributed by atoms with Crippen molar-refractivity contribution < 1.29 is 9.13 Å². The Balaban J connectivity index is 1.52. The number of benzene rings is 1. The maximum Gasteiger partial charge on any atom is 0.180 e. The molecule has 29 heavy (non-hydrogen) atoms. The van der Waals surface area contributed by atoms with Crippen molar-refractivity contribution >= 4 is 5.82 Å². The fourth-order valence-electron chi connectivity index (χ4n) is 4.27. The van der Waals surface area contributed by atoms with Gasteiger partial charge in [-0.2, -0.15) is 0 Å². The average molecular weight is 390 g/mol. The minimum absolute atomic E-state index is 0.0455. The molecule has 1 aliphatic heterocycles. The molecule has 3 heterocycles. The standard InChI is InChI=1S/C23H23FN4O/c1-15-13-28(14-21(29-15)16-8-10-17(24)11-9-16)23-18-5-4-7-19(18)26-22(27-23)20-6-2-3-12-25-20/h2-3,6,8-12,15,21H,4-5,7,13-14H2,1H3. The van der Waals surface area contributed by atoms with Crippen LogP contribution in [0.3, 0.4) is 0 Å². The fraction of sp³-hybridized carbons (Fsp3) is 0.348. The first-order valence-corrected chi connectivity index (χ1v) is 10.1. The Kier molecular flexibility index (Phi) is 4.72. The van der Waals surface area contributed by atoms with Crippen LogP contribution in [0.15, 0.2) is 48.7 Å². The van der Waals surface area contributed by atoms with Crippen LogP contribution in [0.5, 0.6) is 0 Å². The third-order valence-corrected chi connectivity index (χ3v) is 5.61. The van der Waals surface area contributed by atoms with Gasteiger partial charge in [0.25, 0.3) is 0 Å². The van der Waals surface area contributed by atoms with E-state index in [9.17, 15) is 4.39 Å². The highest BCUT2D eigenvalue weighted by molar-refractivity contribution is 5.59. The molecular formula is C23H23FN4O. The fourth-order valence-corrected chi connectivity index (χ4v) is 4.27. The number of pyridine rings is 1. The Bertz CT molecular complexity index is 1010. The van der Waals surface area contributed by atoms with Crippen molar-refractivity contribution in [2.24, 2.45) is 0 Å². The van der Waals surface area contributed by atoms with E-state index in [2.05, 4.69) is 16.8 Å². The molecule has 1 aliphatic carbocycles. The predicted molar refractivity (Wildman–Crippen MR) is 109 cm³/mol. The van der Waals surface area contributed by atoms with E-state index in [0.717, 1.165) is 48.6 Å². The van der Waals surface area contributed by atoms with Crippen LogP contribution in [0.2, 0.25) is 0 Å². The second kappa shape index (κ2) is 7.52. The molecule has 1 aromatic carbocycles. The van der Waals surface area contributed by atoms with Crippen molar-refractivity contribution in [1.29, 1.82) is 0 Å². The molecule has 2 unspecified atom stereocenters. The third kappa shape index (κ3) is 3.60. The van der Waals surface area contributed by atoms with Crippen molar-refractivity contribution in [1.82, 2.24) is 15.0 Å². The number of fused-ring (bicyclic) bond motifs is 1. The molecule has 2 atom stereocenters. The zero-order chi connectivity index (χ0) is 19.8. The topological polar surface area (TPSA) is 51.1 Å². The van der Waals surface area contributed by atoms with Gasteiger partial charge in [-0.3, -0.25) is 4.98 Å². The van der Waals surface area contributed by atoms with Crippen molar-refractivity contribution in [3.05, 3.63) is 71.3 Å². The summed E-state index contributed by atoms with van der Waals surface area (Å²) in [6.07, 6.45) is 4.78. The average Bonchev–Trinajstić information content (AvgIpc) is 3.22. The zero-order valence-electron chi connectivity index (χ0n) is 16.4. The number of ether oxygens (including phenoxy) is 1. The SMILES string of the molecule is CC1CN(c2nc(-c3ccccn3)nc3c2CCC3)CC(c2ccc(F)cc2)O1. The van der Waals surface area contributed by atoms with Crippen LogP contribution in [0.1, 0.15) is 36.3 Å². The highest BCUT2D eigenvalue weighted by Gasteiger charge is 2.31. The molecule has 1 saturated heterocycles. The molecule has 0 spiro atoms. The summed E-state index contributed by atoms with van der Waals surface area (Å²) in [5.41, 5.74) is 4.16. The van der Waals surface area contributed by atoms with E-state index in [-0.39, 0.29) is 18.0 Å². The summed E-state index contributed by atoms with van der Waals surface area (Å²) >= 11 is 0. The summed E-state index contributed by atoms with van der Waals surface area (Å²) in [6.45, 7) is 3.52. The number of halogens is 1. The molecule has 0 N–H and O–H groups in total. The smallest absolute Gasteiger partial charge is 0.180 e. The van der Waals surface area contributed by atoms with E-state index in [1.54, 1.807) is 18.3 Å². The number of hydrogen-bond donors (Lipinski definition) is 0. The van der Waals surface area contributed by atoms with Gasteiger partial charge in [0.15, 0.2) is 5.82 Å². The Hall–Kier alpha value is -2.86. The number of hydrogen-bond acceptors (Lipinski definition) is 5. The van der Waals surface area contributed by atoms with Gasteiger partial charge in [-0.1, -0.05) is 18.2 Å². The van der Waals surface area contributed by atoms with Gasteiger partial charge in [-0.15, -0.1) is 0 Å². The summed E-state index contributed by atoms with van der Waals surface area (Å²) in [7, 11) is 0. The summed E-state index contributed by atoms with van der Waals surface area (Å²) < 4.78 is 19.5. The van der Waals surface area contributed by atoms with Crippen LogP contribution in [0.25, 0.3) is 11.5 Å². The minimum Gasteiger partial charge on any atom is -0.367 e. The number of nitrogens with zero attached hydrogens (tertiary/aromatic N) is 4. The molecule has 0 amide bonds. The Labute approximate surface area is 169 Å². The molecule has 2 aromatic heterocycles. The number of rotatable bonds is 3. The molecule has 1 fully saturated rings. The van der Waals surface area contributed by atoms with Crippen molar-refractivity contribution in [3.63, 3.8) is 0 Å². The number of morpholine rings is 1. The molecule has 3 aromatic rings. The van der Waals surface area contributed by atoms with Gasteiger partial charge in [-0.25, -0.2) is 14.4 Å². The molecule has 0 bridgehead atoms. The first-order chi connectivity index (χ1) is 14.2. The van der Waals surface area contributed by atoms with Gasteiger partial charge in [0.2, 0.25) is 0 Å². The van der Waals surface area contributed by atoms with Crippen LogP contribution < -0.4 is 4.90 Å². The molecule has 6 heteroatoms. The van der Waals surface area contributed by atoms with Crippen LogP contribution in [0.4, 0.5) is 10.2 Å². The van der Waals surface area contributed by atoms with E-state index in [1.807, 2.05) is 18.2 Å². The summed E-state index contributed by atoms with van der Waals surface area (Å²) in [5.74, 6) is 1.44. The van der Waals surface area contributed by atoms with E-state index >= 15 is 0 Å². The molecule has 2 aliphatic rings. The van der Waals surface area contributed by atoms with Crippen LogP contribution in [-0.2, 0) is 17.6 Å². The zero-order valence-corrected chi connectivity index (χ0v) is 16.4.